The fraction of sp³-hybridized carbons (Fsp3) is 0.100. The Hall–Kier alpha value is -2.61. The third-order valence-corrected chi connectivity index (χ3v) is 6.19. The van der Waals surface area contributed by atoms with Crippen molar-refractivity contribution in [2.24, 2.45) is 0 Å². The molecular weight excluding hydrogens is 433 g/mol. The number of amides is 1. The second kappa shape index (κ2) is 9.26. The molecule has 2 aromatic carbocycles. The number of carbonyl (C=O) groups is 1. The van der Waals surface area contributed by atoms with E-state index >= 15 is 0 Å². The molecule has 6 nitrogen and oxygen atoms in total. The number of nitrogens with one attached hydrogen (secondary N) is 1. The summed E-state index contributed by atoms with van der Waals surface area (Å²) in [5.74, 6) is -0.482. The zero-order valence-electron chi connectivity index (χ0n) is 15.1. The van der Waals surface area contributed by atoms with Crippen LogP contribution >= 0.6 is 23.2 Å². The SMILES string of the molecule is O=C(CN(c1cc(Cl)cc(Cl)c1)S(=O)(=O)c1ccccc1)NCc1cccnc1. The van der Waals surface area contributed by atoms with Crippen LogP contribution in [-0.2, 0) is 21.4 Å². The molecule has 1 amide bonds. The maximum atomic E-state index is 13.2. The van der Waals surface area contributed by atoms with Crippen molar-refractivity contribution in [3.63, 3.8) is 0 Å². The van der Waals surface area contributed by atoms with Gasteiger partial charge in [0.2, 0.25) is 5.91 Å². The molecule has 3 rings (SSSR count). The molecule has 0 spiro atoms. The van der Waals surface area contributed by atoms with Crippen molar-refractivity contribution < 1.29 is 13.2 Å². The Balaban J connectivity index is 1.89. The minimum absolute atomic E-state index is 0.0520. The number of halogens is 2. The summed E-state index contributed by atoms with van der Waals surface area (Å²) in [4.78, 5) is 16.6. The predicted molar refractivity (Wildman–Crippen MR) is 114 cm³/mol. The quantitative estimate of drug-likeness (QED) is 0.592. The summed E-state index contributed by atoms with van der Waals surface area (Å²) >= 11 is 12.1. The molecule has 0 aliphatic heterocycles. The van der Waals surface area contributed by atoms with Crippen LogP contribution in [0.1, 0.15) is 5.56 Å². The van der Waals surface area contributed by atoms with Crippen LogP contribution in [0.5, 0.6) is 0 Å². The summed E-state index contributed by atoms with van der Waals surface area (Å²) in [6.45, 7) is -0.212. The molecule has 0 saturated carbocycles. The van der Waals surface area contributed by atoms with E-state index in [4.69, 9.17) is 23.2 Å². The Morgan fingerprint density at radius 2 is 1.69 bits per heavy atom. The van der Waals surface area contributed by atoms with Gasteiger partial charge in [-0.05, 0) is 42.0 Å². The first-order chi connectivity index (χ1) is 13.9. The number of anilines is 1. The van der Waals surface area contributed by atoms with Crippen LogP contribution in [0, 0.1) is 0 Å². The predicted octanol–water partition coefficient (Wildman–Crippen LogP) is 3.90. The monoisotopic (exact) mass is 449 g/mol. The molecule has 1 heterocycles. The number of nitrogens with zero attached hydrogens (tertiary/aromatic N) is 2. The van der Waals surface area contributed by atoms with Crippen LogP contribution in [0.4, 0.5) is 5.69 Å². The molecular formula is C20H17Cl2N3O3S. The van der Waals surface area contributed by atoms with Crippen molar-refractivity contribution in [3.05, 3.63) is 88.7 Å². The first-order valence-corrected chi connectivity index (χ1v) is 10.8. The van der Waals surface area contributed by atoms with E-state index < -0.39 is 22.5 Å². The topological polar surface area (TPSA) is 79.4 Å². The van der Waals surface area contributed by atoms with Gasteiger partial charge in [-0.3, -0.25) is 14.1 Å². The molecule has 29 heavy (non-hydrogen) atoms. The van der Waals surface area contributed by atoms with Crippen molar-refractivity contribution in [2.45, 2.75) is 11.4 Å². The van der Waals surface area contributed by atoms with Gasteiger partial charge in [0.05, 0.1) is 10.6 Å². The normalized spacial score (nSPS) is 11.1. The van der Waals surface area contributed by atoms with E-state index in [0.717, 1.165) is 9.87 Å². The minimum Gasteiger partial charge on any atom is -0.350 e. The molecule has 0 aliphatic rings. The van der Waals surface area contributed by atoms with Crippen LogP contribution in [0.3, 0.4) is 0 Å². The molecule has 1 N–H and O–H groups in total. The zero-order valence-corrected chi connectivity index (χ0v) is 17.5. The average Bonchev–Trinajstić information content (AvgIpc) is 2.71. The van der Waals surface area contributed by atoms with E-state index in [2.05, 4.69) is 10.3 Å². The standard InChI is InChI=1S/C20H17Cl2N3O3S/c21-16-9-17(22)11-18(10-16)25(29(27,28)19-6-2-1-3-7-19)14-20(26)24-13-15-5-4-8-23-12-15/h1-12H,13-14H2,(H,24,26). The first-order valence-electron chi connectivity index (χ1n) is 8.56. The second-order valence-corrected chi connectivity index (χ2v) is 8.83. The van der Waals surface area contributed by atoms with Gasteiger partial charge in [-0.25, -0.2) is 8.42 Å². The van der Waals surface area contributed by atoms with E-state index in [1.54, 1.807) is 36.7 Å². The third kappa shape index (κ3) is 5.47. The molecule has 0 unspecified atom stereocenters. The molecule has 0 aliphatic carbocycles. The van der Waals surface area contributed by atoms with Gasteiger partial charge in [-0.15, -0.1) is 0 Å². The Labute approximate surface area is 179 Å². The zero-order chi connectivity index (χ0) is 20.9. The van der Waals surface area contributed by atoms with Gasteiger partial charge in [-0.1, -0.05) is 47.5 Å². The first kappa shape index (κ1) is 21.1. The highest BCUT2D eigenvalue weighted by Gasteiger charge is 2.27. The molecule has 0 radical (unpaired) electrons. The number of sulfonamides is 1. The number of rotatable bonds is 7. The number of pyridine rings is 1. The van der Waals surface area contributed by atoms with Gasteiger partial charge in [0.15, 0.2) is 0 Å². The maximum Gasteiger partial charge on any atom is 0.264 e. The molecule has 0 saturated heterocycles. The summed E-state index contributed by atoms with van der Waals surface area (Å²) < 4.78 is 27.4. The van der Waals surface area contributed by atoms with Crippen molar-refractivity contribution in [3.8, 4) is 0 Å². The number of benzene rings is 2. The maximum absolute atomic E-state index is 13.2. The lowest BCUT2D eigenvalue weighted by Gasteiger charge is -2.24. The van der Waals surface area contributed by atoms with Crippen LogP contribution in [-0.4, -0.2) is 25.9 Å². The Kier molecular flexibility index (Phi) is 6.74. The second-order valence-electron chi connectivity index (χ2n) is 6.09. The molecule has 0 atom stereocenters. The van der Waals surface area contributed by atoms with Gasteiger partial charge in [0.1, 0.15) is 6.54 Å². The van der Waals surface area contributed by atoms with Gasteiger partial charge >= 0.3 is 0 Å². The van der Waals surface area contributed by atoms with E-state index in [0.29, 0.717) is 0 Å². The lowest BCUT2D eigenvalue weighted by atomic mass is 10.3. The van der Waals surface area contributed by atoms with Gasteiger partial charge < -0.3 is 5.32 Å². The molecule has 1 aromatic heterocycles. The number of carbonyl (C=O) groups excluding carboxylic acids is 1. The summed E-state index contributed by atoms with van der Waals surface area (Å²) in [5.41, 5.74) is 0.993. The van der Waals surface area contributed by atoms with Crippen LogP contribution < -0.4 is 9.62 Å². The highest BCUT2D eigenvalue weighted by molar-refractivity contribution is 7.92. The fourth-order valence-corrected chi connectivity index (χ4v) is 4.55. The molecule has 3 aromatic rings. The molecule has 0 bridgehead atoms. The smallest absolute Gasteiger partial charge is 0.264 e. The highest BCUT2D eigenvalue weighted by Crippen LogP contribution is 2.29. The van der Waals surface area contributed by atoms with Crippen molar-refractivity contribution >= 4 is 44.8 Å². The van der Waals surface area contributed by atoms with E-state index in [-0.39, 0.29) is 27.2 Å². The molecule has 9 heteroatoms. The number of hydrogen-bond acceptors (Lipinski definition) is 4. The molecule has 0 fully saturated rings. The van der Waals surface area contributed by atoms with Crippen molar-refractivity contribution in [1.82, 2.24) is 10.3 Å². The fourth-order valence-electron chi connectivity index (χ4n) is 2.61. The van der Waals surface area contributed by atoms with Gasteiger partial charge in [0, 0.05) is 29.0 Å². The molecule has 150 valence electrons. The lowest BCUT2D eigenvalue weighted by molar-refractivity contribution is -0.119. The Bertz CT molecular complexity index is 1070. The van der Waals surface area contributed by atoms with E-state index in [1.807, 2.05) is 6.07 Å². The summed E-state index contributed by atoms with van der Waals surface area (Å²) in [6.07, 6.45) is 3.25. The van der Waals surface area contributed by atoms with E-state index in [9.17, 15) is 13.2 Å². The summed E-state index contributed by atoms with van der Waals surface area (Å²) in [7, 11) is -4.02. The van der Waals surface area contributed by atoms with Crippen LogP contribution in [0.15, 0.2) is 78.0 Å². The highest BCUT2D eigenvalue weighted by atomic mass is 35.5. The third-order valence-electron chi connectivity index (χ3n) is 3.97. The Morgan fingerprint density at radius 1 is 1.00 bits per heavy atom. The number of aromatic nitrogens is 1. The largest absolute Gasteiger partial charge is 0.350 e. The van der Waals surface area contributed by atoms with Gasteiger partial charge in [0.25, 0.3) is 10.0 Å². The van der Waals surface area contributed by atoms with Crippen molar-refractivity contribution in [1.29, 1.82) is 0 Å². The van der Waals surface area contributed by atoms with Crippen LogP contribution in [0.25, 0.3) is 0 Å². The lowest BCUT2D eigenvalue weighted by Crippen LogP contribution is -2.40. The van der Waals surface area contributed by atoms with E-state index in [1.165, 1.54) is 30.3 Å². The average molecular weight is 450 g/mol. The Morgan fingerprint density at radius 3 is 2.31 bits per heavy atom. The summed E-state index contributed by atoms with van der Waals surface area (Å²) in [5, 5.41) is 3.22. The minimum atomic E-state index is -4.02. The number of hydrogen-bond donors (Lipinski definition) is 1. The van der Waals surface area contributed by atoms with Crippen LogP contribution in [0.2, 0.25) is 10.0 Å². The van der Waals surface area contributed by atoms with Crippen molar-refractivity contribution in [2.75, 3.05) is 10.8 Å². The summed E-state index contributed by atoms with van der Waals surface area (Å²) in [6, 6.07) is 15.8. The van der Waals surface area contributed by atoms with Gasteiger partial charge in [-0.2, -0.15) is 0 Å².